The molecule has 0 spiro atoms. The van der Waals surface area contributed by atoms with Crippen LogP contribution >= 0.6 is 23.4 Å². The lowest BCUT2D eigenvalue weighted by atomic mass is 10.1. The maximum absolute atomic E-state index is 13.3. The van der Waals surface area contributed by atoms with Gasteiger partial charge in [0.25, 0.3) is 5.91 Å². The summed E-state index contributed by atoms with van der Waals surface area (Å²) in [6, 6.07) is 20.0. The number of halogens is 2. The maximum Gasteiger partial charge on any atom is 0.264 e. The van der Waals surface area contributed by atoms with Gasteiger partial charge in [0.15, 0.2) is 5.17 Å². The molecule has 1 saturated heterocycles. The lowest BCUT2D eigenvalue weighted by Crippen LogP contribution is -2.19. The van der Waals surface area contributed by atoms with E-state index in [0.29, 0.717) is 21.6 Å². The number of benzene rings is 3. The third kappa shape index (κ3) is 4.58. The van der Waals surface area contributed by atoms with Gasteiger partial charge in [-0.3, -0.25) is 4.79 Å². The molecule has 0 radical (unpaired) electrons. The number of nitrogens with zero attached hydrogens (tertiary/aromatic N) is 2. The number of aliphatic imine (C=N–C) groups is 1. The molecule has 1 amide bonds. The van der Waals surface area contributed by atoms with Crippen LogP contribution in [-0.4, -0.2) is 15.6 Å². The van der Waals surface area contributed by atoms with E-state index in [2.05, 4.69) is 14.9 Å². The van der Waals surface area contributed by atoms with Crippen LogP contribution in [-0.2, 0) is 11.3 Å². The Morgan fingerprint density at radius 2 is 1.91 bits per heavy atom. The fraction of sp³-hybridized carbons (Fsp3) is 0.0769. The number of para-hydroxylation sites is 1. The van der Waals surface area contributed by atoms with Crippen LogP contribution in [0.1, 0.15) is 16.7 Å². The summed E-state index contributed by atoms with van der Waals surface area (Å²) in [5.41, 5.74) is 4.68. The molecule has 1 aromatic heterocycles. The number of aromatic nitrogens is 1. The number of hydrogen-bond donors (Lipinski definition) is 1. The van der Waals surface area contributed by atoms with E-state index in [1.807, 2.05) is 55.6 Å². The quantitative estimate of drug-likeness (QED) is 0.334. The number of thioether (sulfide) groups is 1. The Balaban J connectivity index is 1.47. The van der Waals surface area contributed by atoms with Crippen molar-refractivity contribution in [3.05, 3.63) is 105 Å². The molecule has 0 bridgehead atoms. The summed E-state index contributed by atoms with van der Waals surface area (Å²) in [5, 5.41) is 5.07. The first-order valence-corrected chi connectivity index (χ1v) is 11.5. The molecule has 3 aromatic carbocycles. The van der Waals surface area contributed by atoms with Crippen LogP contribution in [0.3, 0.4) is 0 Å². The highest BCUT2D eigenvalue weighted by molar-refractivity contribution is 8.18. The smallest absolute Gasteiger partial charge is 0.264 e. The summed E-state index contributed by atoms with van der Waals surface area (Å²) in [5.74, 6) is -0.433. The molecule has 1 aliphatic heterocycles. The van der Waals surface area contributed by atoms with Crippen molar-refractivity contribution in [3.63, 3.8) is 0 Å². The molecule has 0 aliphatic carbocycles. The summed E-state index contributed by atoms with van der Waals surface area (Å²) in [6.45, 7) is 2.53. The highest BCUT2D eigenvalue weighted by Gasteiger charge is 2.24. The molecular formula is C26H19ClFN3OS. The predicted octanol–water partition coefficient (Wildman–Crippen LogP) is 6.68. The van der Waals surface area contributed by atoms with Crippen molar-refractivity contribution < 1.29 is 9.18 Å². The van der Waals surface area contributed by atoms with Crippen molar-refractivity contribution in [1.29, 1.82) is 0 Å². The zero-order valence-corrected chi connectivity index (χ0v) is 19.3. The molecule has 164 valence electrons. The van der Waals surface area contributed by atoms with Gasteiger partial charge in [0.2, 0.25) is 0 Å². The number of amides is 1. The minimum Gasteiger partial charge on any atom is -0.342 e. The maximum atomic E-state index is 13.3. The Morgan fingerprint density at radius 1 is 1.12 bits per heavy atom. The van der Waals surface area contributed by atoms with Crippen LogP contribution in [0.15, 0.2) is 82.8 Å². The molecule has 1 fully saturated rings. The van der Waals surface area contributed by atoms with Gasteiger partial charge in [-0.1, -0.05) is 41.9 Å². The van der Waals surface area contributed by atoms with Gasteiger partial charge in [0.1, 0.15) is 5.82 Å². The van der Waals surface area contributed by atoms with Crippen LogP contribution in [0.5, 0.6) is 0 Å². The Kier molecular flexibility index (Phi) is 5.79. The number of carbonyl (C=O) groups excluding carboxylic acids is 1. The summed E-state index contributed by atoms with van der Waals surface area (Å²) in [6.07, 6.45) is 3.91. The standard InChI is InChI=1S/C26H19ClFN3OS/c1-16-12-19(27)8-11-22(16)29-26-30-25(32)24(33-26)13-18-15-31(23-5-3-2-4-21(18)23)14-17-6-9-20(28)10-7-17/h2-13,15H,14H2,1H3,(H,29,30,32)/b24-13-. The second kappa shape index (κ2) is 8.89. The second-order valence-corrected chi connectivity index (χ2v) is 9.24. The summed E-state index contributed by atoms with van der Waals surface area (Å²) < 4.78 is 15.4. The monoisotopic (exact) mass is 475 g/mol. The zero-order valence-electron chi connectivity index (χ0n) is 17.7. The zero-order chi connectivity index (χ0) is 22.9. The molecule has 0 atom stereocenters. The van der Waals surface area contributed by atoms with Crippen molar-refractivity contribution in [2.75, 3.05) is 0 Å². The van der Waals surface area contributed by atoms with Crippen LogP contribution < -0.4 is 5.32 Å². The third-order valence-electron chi connectivity index (χ3n) is 5.40. The number of amidine groups is 1. The van der Waals surface area contributed by atoms with Crippen molar-refractivity contribution in [2.24, 2.45) is 4.99 Å². The van der Waals surface area contributed by atoms with E-state index >= 15 is 0 Å². The van der Waals surface area contributed by atoms with Crippen LogP contribution in [0.4, 0.5) is 10.1 Å². The van der Waals surface area contributed by atoms with Crippen molar-refractivity contribution in [1.82, 2.24) is 9.88 Å². The first-order chi connectivity index (χ1) is 16.0. The molecule has 5 rings (SSSR count). The number of carbonyl (C=O) groups is 1. The van der Waals surface area contributed by atoms with Crippen LogP contribution in [0, 0.1) is 12.7 Å². The van der Waals surface area contributed by atoms with E-state index in [1.165, 1.54) is 23.9 Å². The fourth-order valence-electron chi connectivity index (χ4n) is 3.78. The average molecular weight is 476 g/mol. The predicted molar refractivity (Wildman–Crippen MR) is 134 cm³/mol. The normalized spacial score (nSPS) is 16.2. The highest BCUT2D eigenvalue weighted by Crippen LogP contribution is 2.32. The second-order valence-electron chi connectivity index (χ2n) is 7.77. The van der Waals surface area contributed by atoms with E-state index in [1.54, 1.807) is 18.2 Å². The van der Waals surface area contributed by atoms with Crippen LogP contribution in [0.25, 0.3) is 17.0 Å². The SMILES string of the molecule is Cc1cc(Cl)ccc1N=C1NC(=O)/C(=C/c2cn(Cc3ccc(F)cc3)c3ccccc23)S1. The first kappa shape index (κ1) is 21.5. The topological polar surface area (TPSA) is 46.4 Å². The minimum absolute atomic E-state index is 0.180. The van der Waals surface area contributed by atoms with Gasteiger partial charge in [-0.15, -0.1) is 0 Å². The summed E-state index contributed by atoms with van der Waals surface area (Å²) >= 11 is 7.34. The summed E-state index contributed by atoms with van der Waals surface area (Å²) in [7, 11) is 0. The van der Waals surface area contributed by atoms with Crippen LogP contribution in [0.2, 0.25) is 5.02 Å². The molecule has 4 nitrogen and oxygen atoms in total. The average Bonchev–Trinajstić information content (AvgIpc) is 3.32. The van der Waals surface area contributed by atoms with E-state index in [9.17, 15) is 9.18 Å². The third-order valence-corrected chi connectivity index (χ3v) is 6.55. The van der Waals surface area contributed by atoms with E-state index in [0.717, 1.165) is 33.3 Å². The van der Waals surface area contributed by atoms with Gasteiger partial charge in [-0.25, -0.2) is 9.38 Å². The first-order valence-electron chi connectivity index (χ1n) is 10.3. The number of rotatable bonds is 4. The Morgan fingerprint density at radius 3 is 2.70 bits per heavy atom. The molecule has 33 heavy (non-hydrogen) atoms. The van der Waals surface area contributed by atoms with Gasteiger partial charge >= 0.3 is 0 Å². The Hall–Kier alpha value is -3.35. The van der Waals surface area contributed by atoms with Gasteiger partial charge in [-0.05, 0) is 72.3 Å². The van der Waals surface area contributed by atoms with Gasteiger partial charge < -0.3 is 9.88 Å². The van der Waals surface area contributed by atoms with Crippen molar-refractivity contribution in [3.8, 4) is 0 Å². The van der Waals surface area contributed by atoms with E-state index < -0.39 is 0 Å². The van der Waals surface area contributed by atoms with Gasteiger partial charge in [0, 0.05) is 34.2 Å². The Bertz CT molecular complexity index is 1440. The molecule has 2 heterocycles. The summed E-state index contributed by atoms with van der Waals surface area (Å²) in [4.78, 5) is 17.8. The highest BCUT2D eigenvalue weighted by atomic mass is 35.5. The number of aryl methyl sites for hydroxylation is 1. The minimum atomic E-state index is -0.253. The van der Waals surface area contributed by atoms with Crippen molar-refractivity contribution >= 4 is 57.1 Å². The molecule has 0 saturated carbocycles. The molecule has 7 heteroatoms. The lowest BCUT2D eigenvalue weighted by Gasteiger charge is -2.05. The number of hydrogen-bond acceptors (Lipinski definition) is 3. The molecule has 0 unspecified atom stereocenters. The molecule has 4 aromatic rings. The van der Waals surface area contributed by atoms with E-state index in [-0.39, 0.29) is 11.7 Å². The molecular weight excluding hydrogens is 457 g/mol. The number of nitrogens with one attached hydrogen (secondary N) is 1. The fourth-order valence-corrected chi connectivity index (χ4v) is 4.84. The van der Waals surface area contributed by atoms with E-state index in [4.69, 9.17) is 11.6 Å². The molecule has 1 aliphatic rings. The van der Waals surface area contributed by atoms with Gasteiger partial charge in [-0.2, -0.15) is 0 Å². The van der Waals surface area contributed by atoms with Crippen molar-refractivity contribution in [2.45, 2.75) is 13.5 Å². The van der Waals surface area contributed by atoms with Gasteiger partial charge in [0.05, 0.1) is 10.6 Å². The molecule has 1 N–H and O–H groups in total. The largest absolute Gasteiger partial charge is 0.342 e. The lowest BCUT2D eigenvalue weighted by molar-refractivity contribution is -0.115. The Labute approximate surface area is 199 Å². The number of fused-ring (bicyclic) bond motifs is 1.